The van der Waals surface area contributed by atoms with Gasteiger partial charge in [0.05, 0.1) is 6.42 Å². The number of piperazine rings is 1. The minimum absolute atomic E-state index is 0.167. The Kier molecular flexibility index (Phi) is 6.05. The summed E-state index contributed by atoms with van der Waals surface area (Å²) in [5.41, 5.74) is 2.13. The van der Waals surface area contributed by atoms with Gasteiger partial charge in [-0.1, -0.05) is 35.9 Å². The molecule has 0 bridgehead atoms. The van der Waals surface area contributed by atoms with Crippen LogP contribution in [0.3, 0.4) is 0 Å². The molecule has 3 nitrogen and oxygen atoms in total. The topological polar surface area (TPSA) is 23.6 Å². The van der Waals surface area contributed by atoms with Crippen LogP contribution >= 0.6 is 11.6 Å². The minimum atomic E-state index is -0.198. The first kappa shape index (κ1) is 17.9. The Hall–Kier alpha value is -1.91. The van der Waals surface area contributed by atoms with Crippen LogP contribution in [-0.4, -0.2) is 48.4 Å². The molecular formula is C20H22ClFN2O. The molecule has 0 spiro atoms. The van der Waals surface area contributed by atoms with Gasteiger partial charge in [0.2, 0.25) is 5.91 Å². The summed E-state index contributed by atoms with van der Waals surface area (Å²) in [5, 5.41) is 0.686. The number of hydrogen-bond acceptors (Lipinski definition) is 2. The second kappa shape index (κ2) is 8.45. The molecule has 1 saturated heterocycles. The maximum absolute atomic E-state index is 12.9. The van der Waals surface area contributed by atoms with Crippen molar-refractivity contribution in [3.63, 3.8) is 0 Å². The summed E-state index contributed by atoms with van der Waals surface area (Å²) >= 11 is 5.88. The maximum Gasteiger partial charge on any atom is 0.227 e. The zero-order valence-electron chi connectivity index (χ0n) is 14.1. The first-order valence-electron chi connectivity index (χ1n) is 8.59. The molecule has 2 aromatic rings. The predicted molar refractivity (Wildman–Crippen MR) is 98.3 cm³/mol. The molecule has 3 rings (SSSR count). The predicted octanol–water partition coefficient (Wildman–Crippen LogP) is 3.41. The van der Waals surface area contributed by atoms with E-state index < -0.39 is 0 Å². The third kappa shape index (κ3) is 5.28. The van der Waals surface area contributed by atoms with E-state index in [0.29, 0.717) is 11.4 Å². The highest BCUT2D eigenvalue weighted by molar-refractivity contribution is 6.30. The number of carbonyl (C=O) groups excluding carboxylic acids is 1. The van der Waals surface area contributed by atoms with Gasteiger partial charge in [-0.25, -0.2) is 4.39 Å². The van der Waals surface area contributed by atoms with Gasteiger partial charge in [0.25, 0.3) is 0 Å². The van der Waals surface area contributed by atoms with Gasteiger partial charge in [0, 0.05) is 37.7 Å². The van der Waals surface area contributed by atoms with Gasteiger partial charge in [0.15, 0.2) is 0 Å². The van der Waals surface area contributed by atoms with Crippen LogP contribution in [0.4, 0.5) is 4.39 Å². The fourth-order valence-corrected chi connectivity index (χ4v) is 3.17. The number of carbonyl (C=O) groups is 1. The van der Waals surface area contributed by atoms with Gasteiger partial charge < -0.3 is 4.90 Å². The molecule has 1 fully saturated rings. The fraction of sp³-hybridized carbons (Fsp3) is 0.350. The molecule has 1 aliphatic rings. The van der Waals surface area contributed by atoms with Gasteiger partial charge in [-0.3, -0.25) is 9.69 Å². The van der Waals surface area contributed by atoms with Gasteiger partial charge in [-0.2, -0.15) is 0 Å². The van der Waals surface area contributed by atoms with E-state index in [1.165, 1.54) is 12.1 Å². The quantitative estimate of drug-likeness (QED) is 0.815. The summed E-state index contributed by atoms with van der Waals surface area (Å²) in [4.78, 5) is 16.7. The molecule has 0 atom stereocenters. The summed E-state index contributed by atoms with van der Waals surface area (Å²) in [7, 11) is 0. The van der Waals surface area contributed by atoms with Crippen molar-refractivity contribution in [1.29, 1.82) is 0 Å². The highest BCUT2D eigenvalue weighted by Crippen LogP contribution is 2.12. The molecule has 0 radical (unpaired) electrons. The monoisotopic (exact) mass is 360 g/mol. The molecule has 0 aliphatic carbocycles. The minimum Gasteiger partial charge on any atom is -0.340 e. The summed E-state index contributed by atoms with van der Waals surface area (Å²) in [6, 6.07) is 14.1. The Labute approximate surface area is 153 Å². The van der Waals surface area contributed by atoms with Gasteiger partial charge in [-0.05, 0) is 41.8 Å². The third-order valence-electron chi connectivity index (χ3n) is 4.62. The van der Waals surface area contributed by atoms with E-state index in [0.717, 1.165) is 50.3 Å². The van der Waals surface area contributed by atoms with E-state index >= 15 is 0 Å². The zero-order valence-corrected chi connectivity index (χ0v) is 14.9. The lowest BCUT2D eigenvalue weighted by Crippen LogP contribution is -2.49. The van der Waals surface area contributed by atoms with E-state index in [1.54, 1.807) is 0 Å². The van der Waals surface area contributed by atoms with Crippen LogP contribution in [0.25, 0.3) is 0 Å². The second-order valence-electron chi connectivity index (χ2n) is 6.40. The lowest BCUT2D eigenvalue weighted by molar-refractivity contribution is -0.132. The van der Waals surface area contributed by atoms with Crippen LogP contribution in [0.2, 0.25) is 5.02 Å². The van der Waals surface area contributed by atoms with Crippen molar-refractivity contribution < 1.29 is 9.18 Å². The second-order valence-corrected chi connectivity index (χ2v) is 6.84. The summed E-state index contributed by atoms with van der Waals surface area (Å²) in [6.07, 6.45) is 1.33. The smallest absolute Gasteiger partial charge is 0.227 e. The van der Waals surface area contributed by atoms with Gasteiger partial charge >= 0.3 is 0 Å². The zero-order chi connectivity index (χ0) is 17.6. The standard InChI is InChI=1S/C20H22ClFN2O/c21-18-5-1-17(2-6-18)15-20(25)24-13-11-23(12-14-24)10-9-16-3-7-19(22)8-4-16/h1-8H,9-15H2. The lowest BCUT2D eigenvalue weighted by Gasteiger charge is -2.34. The number of nitrogens with zero attached hydrogens (tertiary/aromatic N) is 2. The molecule has 5 heteroatoms. The van der Waals surface area contributed by atoms with Crippen molar-refractivity contribution in [3.05, 3.63) is 70.5 Å². The van der Waals surface area contributed by atoms with Crippen LogP contribution in [0.15, 0.2) is 48.5 Å². The average molecular weight is 361 g/mol. The van der Waals surface area contributed by atoms with E-state index in [9.17, 15) is 9.18 Å². The number of amides is 1. The largest absolute Gasteiger partial charge is 0.340 e. The normalized spacial score (nSPS) is 15.4. The summed E-state index contributed by atoms with van der Waals surface area (Å²) in [5.74, 6) is -0.0305. The Bertz CT molecular complexity index is 695. The molecule has 2 aromatic carbocycles. The molecule has 0 unspecified atom stereocenters. The first-order chi connectivity index (χ1) is 12.1. The van der Waals surface area contributed by atoms with E-state index in [2.05, 4.69) is 4.90 Å². The molecule has 1 amide bonds. The third-order valence-corrected chi connectivity index (χ3v) is 4.88. The Balaban J connectivity index is 1.42. The molecular weight excluding hydrogens is 339 g/mol. The van der Waals surface area contributed by atoms with Crippen molar-refractivity contribution >= 4 is 17.5 Å². The number of rotatable bonds is 5. The average Bonchev–Trinajstić information content (AvgIpc) is 2.63. The van der Waals surface area contributed by atoms with Crippen LogP contribution in [0.5, 0.6) is 0 Å². The Morgan fingerprint density at radius 2 is 1.52 bits per heavy atom. The maximum atomic E-state index is 12.9. The van der Waals surface area contributed by atoms with Crippen molar-refractivity contribution in [2.75, 3.05) is 32.7 Å². The molecule has 1 aliphatic heterocycles. The van der Waals surface area contributed by atoms with E-state index in [-0.39, 0.29) is 11.7 Å². The number of halogens is 2. The van der Waals surface area contributed by atoms with Crippen LogP contribution in [0.1, 0.15) is 11.1 Å². The Morgan fingerprint density at radius 1 is 0.920 bits per heavy atom. The van der Waals surface area contributed by atoms with Crippen molar-refractivity contribution in [2.45, 2.75) is 12.8 Å². The SMILES string of the molecule is O=C(Cc1ccc(Cl)cc1)N1CCN(CCc2ccc(F)cc2)CC1. The summed E-state index contributed by atoms with van der Waals surface area (Å²) in [6.45, 7) is 4.22. The molecule has 132 valence electrons. The molecule has 0 saturated carbocycles. The van der Waals surface area contributed by atoms with Crippen LogP contribution in [-0.2, 0) is 17.6 Å². The van der Waals surface area contributed by atoms with E-state index in [1.807, 2.05) is 41.3 Å². The molecule has 25 heavy (non-hydrogen) atoms. The molecule has 1 heterocycles. The Morgan fingerprint density at radius 3 is 2.16 bits per heavy atom. The first-order valence-corrected chi connectivity index (χ1v) is 8.97. The highest BCUT2D eigenvalue weighted by Gasteiger charge is 2.20. The van der Waals surface area contributed by atoms with E-state index in [4.69, 9.17) is 11.6 Å². The van der Waals surface area contributed by atoms with Gasteiger partial charge in [-0.15, -0.1) is 0 Å². The fourth-order valence-electron chi connectivity index (χ4n) is 3.05. The molecule has 0 N–H and O–H groups in total. The summed E-state index contributed by atoms with van der Waals surface area (Å²) < 4.78 is 12.9. The highest BCUT2D eigenvalue weighted by atomic mass is 35.5. The van der Waals surface area contributed by atoms with Crippen molar-refractivity contribution in [2.24, 2.45) is 0 Å². The molecule has 0 aromatic heterocycles. The lowest BCUT2D eigenvalue weighted by atomic mass is 10.1. The van der Waals surface area contributed by atoms with Crippen molar-refractivity contribution in [1.82, 2.24) is 9.80 Å². The van der Waals surface area contributed by atoms with Crippen LogP contribution < -0.4 is 0 Å². The van der Waals surface area contributed by atoms with Crippen LogP contribution in [0, 0.1) is 5.82 Å². The number of benzene rings is 2. The van der Waals surface area contributed by atoms with Gasteiger partial charge in [0.1, 0.15) is 5.82 Å². The van der Waals surface area contributed by atoms with Crippen molar-refractivity contribution in [3.8, 4) is 0 Å². The number of hydrogen-bond donors (Lipinski definition) is 0.